The SMILES string of the molecule is Cc1cc(C2CCCN2C(=O)[C@H]2CCCCN2)on1. The Kier molecular flexibility index (Phi) is 3.55. The standard InChI is InChI=1S/C14H21N3O2/c1-10-9-13(19-16-10)12-6-4-8-17(12)14(18)11-5-2-3-7-15-11/h9,11-12,15H,2-8H2,1H3/t11-,12?/m1/s1. The Labute approximate surface area is 113 Å². The smallest absolute Gasteiger partial charge is 0.240 e. The van der Waals surface area contributed by atoms with Crippen LogP contribution in [0.2, 0.25) is 0 Å². The van der Waals surface area contributed by atoms with Crippen molar-refractivity contribution in [1.82, 2.24) is 15.4 Å². The molecule has 1 N–H and O–H groups in total. The molecule has 0 aliphatic carbocycles. The van der Waals surface area contributed by atoms with Gasteiger partial charge in [-0.1, -0.05) is 11.6 Å². The van der Waals surface area contributed by atoms with E-state index in [2.05, 4.69) is 10.5 Å². The van der Waals surface area contributed by atoms with Crippen molar-refractivity contribution in [3.63, 3.8) is 0 Å². The van der Waals surface area contributed by atoms with Crippen LogP contribution in [0.15, 0.2) is 10.6 Å². The van der Waals surface area contributed by atoms with E-state index in [4.69, 9.17) is 4.52 Å². The van der Waals surface area contributed by atoms with Crippen LogP contribution in [0.25, 0.3) is 0 Å². The third kappa shape index (κ3) is 2.52. The van der Waals surface area contributed by atoms with Gasteiger partial charge in [0.1, 0.15) is 0 Å². The van der Waals surface area contributed by atoms with Crippen molar-refractivity contribution in [2.45, 2.75) is 51.1 Å². The summed E-state index contributed by atoms with van der Waals surface area (Å²) in [7, 11) is 0. The number of hydrogen-bond acceptors (Lipinski definition) is 4. The van der Waals surface area contributed by atoms with Crippen LogP contribution in [-0.2, 0) is 4.79 Å². The summed E-state index contributed by atoms with van der Waals surface area (Å²) in [4.78, 5) is 14.6. The van der Waals surface area contributed by atoms with Gasteiger partial charge >= 0.3 is 0 Å². The van der Waals surface area contributed by atoms with Crippen molar-refractivity contribution in [3.8, 4) is 0 Å². The molecular weight excluding hydrogens is 242 g/mol. The van der Waals surface area contributed by atoms with Gasteiger partial charge < -0.3 is 14.7 Å². The summed E-state index contributed by atoms with van der Waals surface area (Å²) in [6.07, 6.45) is 5.30. The first-order valence-electron chi connectivity index (χ1n) is 7.23. The number of aryl methyl sites for hydroxylation is 1. The van der Waals surface area contributed by atoms with Crippen LogP contribution in [0, 0.1) is 6.92 Å². The van der Waals surface area contributed by atoms with Gasteiger partial charge in [-0.2, -0.15) is 0 Å². The van der Waals surface area contributed by atoms with E-state index in [9.17, 15) is 4.79 Å². The first-order chi connectivity index (χ1) is 9.25. The van der Waals surface area contributed by atoms with E-state index >= 15 is 0 Å². The van der Waals surface area contributed by atoms with Crippen molar-refractivity contribution in [1.29, 1.82) is 0 Å². The number of hydrogen-bond donors (Lipinski definition) is 1. The number of nitrogens with zero attached hydrogens (tertiary/aromatic N) is 2. The highest BCUT2D eigenvalue weighted by Crippen LogP contribution is 2.33. The molecule has 1 unspecified atom stereocenters. The average Bonchev–Trinajstić information content (AvgIpc) is 3.07. The number of carbonyl (C=O) groups excluding carboxylic acids is 1. The molecule has 0 aromatic carbocycles. The van der Waals surface area contributed by atoms with Crippen LogP contribution in [0.3, 0.4) is 0 Å². The molecule has 19 heavy (non-hydrogen) atoms. The minimum absolute atomic E-state index is 0.00151. The summed E-state index contributed by atoms with van der Waals surface area (Å²) in [5.41, 5.74) is 0.880. The number of carbonyl (C=O) groups is 1. The molecule has 2 aliphatic rings. The zero-order valence-corrected chi connectivity index (χ0v) is 11.4. The van der Waals surface area contributed by atoms with Crippen molar-refractivity contribution >= 4 is 5.91 Å². The van der Waals surface area contributed by atoms with E-state index in [0.29, 0.717) is 0 Å². The Morgan fingerprint density at radius 1 is 1.42 bits per heavy atom. The predicted molar refractivity (Wildman–Crippen MR) is 70.6 cm³/mol. The molecule has 2 atom stereocenters. The fourth-order valence-corrected chi connectivity index (χ4v) is 3.13. The van der Waals surface area contributed by atoms with E-state index in [1.807, 2.05) is 17.9 Å². The number of rotatable bonds is 2. The molecule has 0 radical (unpaired) electrons. The minimum atomic E-state index is -0.00151. The van der Waals surface area contributed by atoms with Crippen molar-refractivity contribution in [2.24, 2.45) is 0 Å². The molecule has 0 spiro atoms. The lowest BCUT2D eigenvalue weighted by molar-refractivity contribution is -0.135. The first-order valence-corrected chi connectivity index (χ1v) is 7.23. The van der Waals surface area contributed by atoms with Gasteiger partial charge in [-0.25, -0.2) is 0 Å². The number of aromatic nitrogens is 1. The Morgan fingerprint density at radius 3 is 3.00 bits per heavy atom. The third-order valence-electron chi connectivity index (χ3n) is 4.12. The lowest BCUT2D eigenvalue weighted by Crippen LogP contribution is -2.48. The summed E-state index contributed by atoms with van der Waals surface area (Å²) < 4.78 is 5.35. The lowest BCUT2D eigenvalue weighted by atomic mass is 10.0. The molecule has 0 bridgehead atoms. The lowest BCUT2D eigenvalue weighted by Gasteiger charge is -2.30. The number of likely N-dealkylation sites (tertiary alicyclic amines) is 1. The molecule has 0 saturated carbocycles. The Bertz CT molecular complexity index is 451. The Hall–Kier alpha value is -1.36. The highest BCUT2D eigenvalue weighted by atomic mass is 16.5. The molecule has 3 heterocycles. The fourth-order valence-electron chi connectivity index (χ4n) is 3.13. The Balaban J connectivity index is 1.73. The van der Waals surface area contributed by atoms with Gasteiger partial charge in [-0.3, -0.25) is 4.79 Å². The zero-order valence-electron chi connectivity index (χ0n) is 11.4. The number of nitrogens with one attached hydrogen (secondary N) is 1. The highest BCUT2D eigenvalue weighted by molar-refractivity contribution is 5.82. The maximum atomic E-state index is 12.6. The molecule has 2 saturated heterocycles. The van der Waals surface area contributed by atoms with Crippen LogP contribution >= 0.6 is 0 Å². The normalized spacial score (nSPS) is 27.7. The van der Waals surface area contributed by atoms with Crippen LogP contribution in [0.4, 0.5) is 0 Å². The molecule has 2 fully saturated rings. The second-order valence-electron chi connectivity index (χ2n) is 5.56. The monoisotopic (exact) mass is 263 g/mol. The molecule has 2 aliphatic heterocycles. The summed E-state index contributed by atoms with van der Waals surface area (Å²) in [6.45, 7) is 3.70. The Morgan fingerprint density at radius 2 is 2.32 bits per heavy atom. The van der Waals surface area contributed by atoms with Crippen LogP contribution in [-0.4, -0.2) is 35.1 Å². The van der Waals surface area contributed by atoms with Crippen LogP contribution in [0.1, 0.15) is 49.6 Å². The van der Waals surface area contributed by atoms with Crippen molar-refractivity contribution < 1.29 is 9.32 Å². The summed E-state index contributed by atoms with van der Waals surface area (Å²) >= 11 is 0. The fraction of sp³-hybridized carbons (Fsp3) is 0.714. The van der Waals surface area contributed by atoms with E-state index in [0.717, 1.165) is 50.2 Å². The quantitative estimate of drug-likeness (QED) is 0.883. The molecular formula is C14H21N3O2. The molecule has 3 rings (SSSR count). The summed E-state index contributed by atoms with van der Waals surface area (Å²) in [5.74, 6) is 1.07. The van der Waals surface area contributed by atoms with E-state index in [-0.39, 0.29) is 18.0 Å². The molecule has 5 heteroatoms. The first kappa shape index (κ1) is 12.7. The van der Waals surface area contributed by atoms with Gasteiger partial charge in [0.25, 0.3) is 0 Å². The highest BCUT2D eigenvalue weighted by Gasteiger charge is 2.36. The predicted octanol–water partition coefficient (Wildman–Crippen LogP) is 1.79. The topological polar surface area (TPSA) is 58.4 Å². The van der Waals surface area contributed by atoms with Crippen LogP contribution in [0.5, 0.6) is 0 Å². The van der Waals surface area contributed by atoms with E-state index in [1.54, 1.807) is 0 Å². The largest absolute Gasteiger partial charge is 0.359 e. The number of amides is 1. The van der Waals surface area contributed by atoms with Crippen LogP contribution < -0.4 is 5.32 Å². The molecule has 1 aromatic heterocycles. The van der Waals surface area contributed by atoms with E-state index < -0.39 is 0 Å². The third-order valence-corrected chi connectivity index (χ3v) is 4.12. The van der Waals surface area contributed by atoms with Gasteiger partial charge in [-0.05, 0) is 39.2 Å². The van der Waals surface area contributed by atoms with E-state index in [1.165, 1.54) is 6.42 Å². The summed E-state index contributed by atoms with van der Waals surface area (Å²) in [5, 5.41) is 7.27. The second kappa shape index (κ2) is 5.33. The average molecular weight is 263 g/mol. The van der Waals surface area contributed by atoms with Crippen molar-refractivity contribution in [3.05, 3.63) is 17.5 Å². The van der Waals surface area contributed by atoms with Gasteiger partial charge in [0.2, 0.25) is 5.91 Å². The number of piperidine rings is 1. The molecule has 5 nitrogen and oxygen atoms in total. The van der Waals surface area contributed by atoms with Gasteiger partial charge in [0, 0.05) is 12.6 Å². The minimum Gasteiger partial charge on any atom is -0.359 e. The molecule has 1 amide bonds. The van der Waals surface area contributed by atoms with Gasteiger partial charge in [0.15, 0.2) is 5.76 Å². The second-order valence-corrected chi connectivity index (χ2v) is 5.56. The molecule has 104 valence electrons. The molecule has 1 aromatic rings. The van der Waals surface area contributed by atoms with Gasteiger partial charge in [-0.15, -0.1) is 0 Å². The maximum absolute atomic E-state index is 12.6. The van der Waals surface area contributed by atoms with Crippen molar-refractivity contribution in [2.75, 3.05) is 13.1 Å². The zero-order chi connectivity index (χ0) is 13.2. The van der Waals surface area contributed by atoms with Gasteiger partial charge in [0.05, 0.1) is 17.8 Å². The summed E-state index contributed by atoms with van der Waals surface area (Å²) in [6, 6.07) is 2.03. The maximum Gasteiger partial charge on any atom is 0.240 e.